The van der Waals surface area contributed by atoms with Crippen LogP contribution in [0.25, 0.3) is 21.5 Å². The molecule has 0 spiro atoms. The van der Waals surface area contributed by atoms with Crippen LogP contribution < -0.4 is 0 Å². The summed E-state index contributed by atoms with van der Waals surface area (Å²) in [5.74, 6) is -4.93. The van der Waals surface area contributed by atoms with Crippen LogP contribution in [0.4, 0.5) is 0 Å². The van der Waals surface area contributed by atoms with Gasteiger partial charge in [0.2, 0.25) is 0 Å². The molecule has 4 aromatic carbocycles. The molecule has 0 aliphatic heterocycles. The molecular weight excluding hydrogens is 595 g/mol. The van der Waals surface area contributed by atoms with Crippen LogP contribution in [0.2, 0.25) is 0 Å². The predicted molar refractivity (Wildman–Crippen MR) is 116 cm³/mol. The van der Waals surface area contributed by atoms with Gasteiger partial charge in [0.25, 0.3) is 0 Å². The molecule has 33 heavy (non-hydrogen) atoms. The van der Waals surface area contributed by atoms with Gasteiger partial charge in [0.15, 0.2) is 0 Å². The molecule has 0 heterocycles. The van der Waals surface area contributed by atoms with Crippen LogP contribution in [0.3, 0.4) is 0 Å². The minimum atomic E-state index is -1.23. The molecule has 0 saturated carbocycles. The minimum absolute atomic E-state index is 0. The van der Waals surface area contributed by atoms with Gasteiger partial charge in [-0.05, 0) is 45.8 Å². The van der Waals surface area contributed by atoms with Crippen molar-refractivity contribution in [2.45, 2.75) is 0 Å². The Balaban J connectivity index is 0.000000227. The van der Waals surface area contributed by atoms with E-state index in [0.29, 0.717) is 21.5 Å². The molecule has 8 nitrogen and oxygen atoms in total. The monoisotopic (exact) mass is 612 g/mol. The summed E-state index contributed by atoms with van der Waals surface area (Å²) in [6.07, 6.45) is 0. The van der Waals surface area contributed by atoms with Gasteiger partial charge >= 0.3 is 23.9 Å². The molecule has 0 aliphatic carbocycles. The Labute approximate surface area is 205 Å². The summed E-state index contributed by atoms with van der Waals surface area (Å²) in [5.41, 5.74) is -0.755. The number of benzene rings is 4. The normalized spacial score (nSPS) is 9.94. The molecule has 0 amide bonds. The van der Waals surface area contributed by atoms with E-state index in [1.807, 2.05) is 0 Å². The van der Waals surface area contributed by atoms with Crippen molar-refractivity contribution in [1.29, 1.82) is 0 Å². The van der Waals surface area contributed by atoms with Gasteiger partial charge in [0.1, 0.15) is 0 Å². The van der Waals surface area contributed by atoms with Crippen LogP contribution in [0, 0.1) is 0 Å². The number of carbonyl (C=O) groups is 4. The Morgan fingerprint density at radius 2 is 0.606 bits per heavy atom. The Hall–Kier alpha value is -3.85. The quantitative estimate of drug-likeness (QED) is 0.247. The van der Waals surface area contributed by atoms with E-state index >= 15 is 0 Å². The van der Waals surface area contributed by atoms with Crippen molar-refractivity contribution < 1.29 is 65.4 Å². The van der Waals surface area contributed by atoms with Crippen LogP contribution in [-0.4, -0.2) is 44.3 Å². The summed E-state index contributed by atoms with van der Waals surface area (Å²) >= 11 is 0. The van der Waals surface area contributed by atoms with Crippen LogP contribution in [0.5, 0.6) is 0 Å². The summed E-state index contributed by atoms with van der Waals surface area (Å²) < 4.78 is 0. The van der Waals surface area contributed by atoms with Crippen LogP contribution in [0.1, 0.15) is 41.4 Å². The minimum Gasteiger partial charge on any atom is -0.478 e. The third-order valence-corrected chi connectivity index (χ3v) is 4.69. The number of hydrogen-bond acceptors (Lipinski definition) is 4. The van der Waals surface area contributed by atoms with E-state index in [1.54, 1.807) is 48.5 Å². The first kappa shape index (κ1) is 25.4. The van der Waals surface area contributed by atoms with Crippen molar-refractivity contribution >= 4 is 45.4 Å². The number of hydrogen-bond donors (Lipinski definition) is 4. The van der Waals surface area contributed by atoms with Gasteiger partial charge in [-0.2, -0.15) is 0 Å². The number of carboxylic acid groups (broad SMARTS) is 4. The second-order valence-electron chi connectivity index (χ2n) is 6.71. The maximum atomic E-state index is 10.9. The van der Waals surface area contributed by atoms with Gasteiger partial charge in [0, 0.05) is 25.8 Å². The zero-order chi connectivity index (χ0) is 23.4. The van der Waals surface area contributed by atoms with Gasteiger partial charge in [-0.1, -0.05) is 48.5 Å². The Morgan fingerprint density at radius 1 is 0.424 bits per heavy atom. The van der Waals surface area contributed by atoms with E-state index in [1.165, 1.54) is 24.3 Å². The average molecular weight is 611 g/mol. The molecule has 4 aromatic rings. The topological polar surface area (TPSA) is 149 Å². The van der Waals surface area contributed by atoms with E-state index < -0.39 is 23.9 Å². The summed E-state index contributed by atoms with van der Waals surface area (Å²) in [6.45, 7) is 0. The molecule has 164 valence electrons. The van der Waals surface area contributed by atoms with Crippen molar-refractivity contribution in [3.8, 4) is 0 Å². The van der Waals surface area contributed by atoms with Gasteiger partial charge < -0.3 is 20.4 Å². The number of rotatable bonds is 4. The molecule has 0 fully saturated rings. The van der Waals surface area contributed by atoms with E-state index in [9.17, 15) is 19.2 Å². The largest absolute Gasteiger partial charge is 0.478 e. The fourth-order valence-electron chi connectivity index (χ4n) is 3.19. The first-order valence-electron chi connectivity index (χ1n) is 9.18. The summed E-state index contributed by atoms with van der Waals surface area (Å²) in [7, 11) is 0. The van der Waals surface area contributed by atoms with Crippen molar-refractivity contribution in [2.75, 3.05) is 0 Å². The molecule has 0 unspecified atom stereocenters. The van der Waals surface area contributed by atoms with Crippen molar-refractivity contribution in [1.82, 2.24) is 0 Å². The standard InChI is InChI=1S/2C12H8O4.Hf/c2*13-11(14)9-5-7-3-1-2-4-8(7)6-10(9)12(15)16;/h2*1-6H,(H,13,14)(H,15,16);. The molecular formula is C24H16HfO8. The zero-order valence-corrected chi connectivity index (χ0v) is 20.4. The molecule has 0 aliphatic rings. The van der Waals surface area contributed by atoms with Crippen molar-refractivity contribution in [2.24, 2.45) is 0 Å². The SMILES string of the molecule is O=C(O)c1cc2ccccc2cc1C(=O)O.O=C(O)c1cc2ccccc2cc1C(=O)O.[Hf]. The van der Waals surface area contributed by atoms with Crippen molar-refractivity contribution in [3.05, 3.63) is 95.1 Å². The summed E-state index contributed by atoms with van der Waals surface area (Å²) in [6, 6.07) is 19.6. The summed E-state index contributed by atoms with van der Waals surface area (Å²) in [4.78, 5) is 43.6. The second kappa shape index (κ2) is 10.6. The predicted octanol–water partition coefficient (Wildman–Crippen LogP) is 4.47. The summed E-state index contributed by atoms with van der Waals surface area (Å²) in [5, 5.41) is 38.5. The molecule has 0 aromatic heterocycles. The molecule has 0 radical (unpaired) electrons. The molecule has 0 bridgehead atoms. The van der Waals surface area contributed by atoms with E-state index in [0.717, 1.165) is 0 Å². The average Bonchev–Trinajstić information content (AvgIpc) is 2.77. The van der Waals surface area contributed by atoms with Gasteiger partial charge in [-0.15, -0.1) is 0 Å². The van der Waals surface area contributed by atoms with Gasteiger partial charge in [-0.3, -0.25) is 0 Å². The number of fused-ring (bicyclic) bond motifs is 2. The Kier molecular flexibility index (Phi) is 8.20. The molecule has 0 saturated heterocycles. The zero-order valence-electron chi connectivity index (χ0n) is 16.9. The molecule has 4 rings (SSSR count). The Bertz CT molecular complexity index is 1180. The number of carboxylic acids is 4. The van der Waals surface area contributed by atoms with Crippen molar-refractivity contribution in [3.63, 3.8) is 0 Å². The fraction of sp³-hybridized carbons (Fsp3) is 0. The smallest absolute Gasteiger partial charge is 0.336 e. The maximum Gasteiger partial charge on any atom is 0.336 e. The van der Waals surface area contributed by atoms with Crippen LogP contribution in [0.15, 0.2) is 72.8 Å². The van der Waals surface area contributed by atoms with Crippen LogP contribution >= 0.6 is 0 Å². The van der Waals surface area contributed by atoms with Crippen LogP contribution in [-0.2, 0) is 25.8 Å². The van der Waals surface area contributed by atoms with Gasteiger partial charge in [0.05, 0.1) is 22.3 Å². The van der Waals surface area contributed by atoms with E-state index in [4.69, 9.17) is 20.4 Å². The maximum absolute atomic E-state index is 10.9. The Morgan fingerprint density at radius 3 is 0.758 bits per heavy atom. The number of aromatic carboxylic acids is 4. The third kappa shape index (κ3) is 5.69. The van der Waals surface area contributed by atoms with E-state index in [2.05, 4.69) is 0 Å². The van der Waals surface area contributed by atoms with E-state index in [-0.39, 0.29) is 48.1 Å². The van der Waals surface area contributed by atoms with Gasteiger partial charge in [-0.25, -0.2) is 19.2 Å². The first-order valence-corrected chi connectivity index (χ1v) is 9.18. The molecule has 0 atom stereocenters. The molecule has 9 heteroatoms. The first-order chi connectivity index (χ1) is 15.2. The second-order valence-corrected chi connectivity index (χ2v) is 6.71. The molecule has 4 N–H and O–H groups in total. The fourth-order valence-corrected chi connectivity index (χ4v) is 3.19. The third-order valence-electron chi connectivity index (χ3n) is 4.69.